The van der Waals surface area contributed by atoms with Gasteiger partial charge < -0.3 is 123 Å². The maximum atomic E-state index is 10.7. The number of hydrogen-bond donors (Lipinski definition) is 24. The second-order valence-electron chi connectivity index (χ2n) is 34.2. The van der Waals surface area contributed by atoms with Crippen molar-refractivity contribution in [2.75, 3.05) is 0 Å². The molecule has 0 aromatic heterocycles. The standard InChI is InChI=1S/6C20H14O4/c21-16-9-8-12(19-14(16)6-3-7-17(19)22)15-10-18(23)11-4-1-2-5-13(11)20(15)24;21-17-7-3-6-14-12(17)8-9-15(19(14)23)16-10-18(22)11-4-1-2-5-13(11)20(16)24;21-12-6-8-13-11(9-12)5-7-16(19(13)23)17-10-18(22)14-3-1-2-4-15(14)20(17)24;21-12-7-5-11-6-8-17(22)19(15(11)9-12)16-10-18(23)13-3-1-2-4-14(13)20(16)24;21-13-6-5-11-8-16(18(22)9-12(11)7-13)17-10-19(23)14-3-1-2-4-15(14)20(17)24;21-11-5-6-14-16(9-11)12(7-8-18(14)22)17-10-19(23)13-3-1-2-4-15(13)20(17)24/h6*1-10,21-24H. The molecule has 0 bridgehead atoms. The van der Waals surface area contributed by atoms with Crippen molar-refractivity contribution in [1.29, 1.82) is 0 Å². The molecule has 0 spiro atoms. The average molecular weight is 1910 g/mol. The molecule has 0 fully saturated rings. The lowest BCUT2D eigenvalue weighted by Gasteiger charge is -2.14. The summed E-state index contributed by atoms with van der Waals surface area (Å²) in [4.78, 5) is 0. The van der Waals surface area contributed by atoms with Gasteiger partial charge in [0.05, 0.1) is 0 Å². The Morgan fingerprint density at radius 2 is 0.375 bits per heavy atom. The van der Waals surface area contributed by atoms with Crippen molar-refractivity contribution in [3.63, 3.8) is 0 Å². The monoisotopic (exact) mass is 1910 g/mol. The first-order chi connectivity index (χ1) is 69.4. The lowest BCUT2D eigenvalue weighted by molar-refractivity contribution is 0.466. The van der Waals surface area contributed by atoms with Gasteiger partial charge in [-0.15, -0.1) is 0 Å². The van der Waals surface area contributed by atoms with Gasteiger partial charge in [-0.25, -0.2) is 0 Å². The molecule has 0 heterocycles. The maximum absolute atomic E-state index is 10.7. The summed E-state index contributed by atoms with van der Waals surface area (Å²) in [5, 5.41) is 260. The van der Waals surface area contributed by atoms with Crippen LogP contribution in [0.2, 0.25) is 0 Å². The van der Waals surface area contributed by atoms with Gasteiger partial charge in [0.1, 0.15) is 138 Å². The zero-order valence-electron chi connectivity index (χ0n) is 75.4. The second-order valence-corrected chi connectivity index (χ2v) is 34.2. The highest BCUT2D eigenvalue weighted by atomic mass is 16.3. The Morgan fingerprint density at radius 1 is 0.104 bits per heavy atom. The highest BCUT2D eigenvalue weighted by Crippen LogP contribution is 2.55. The van der Waals surface area contributed by atoms with E-state index in [0.29, 0.717) is 185 Å². The van der Waals surface area contributed by atoms with E-state index in [1.807, 2.05) is 0 Å². The average Bonchev–Trinajstić information content (AvgIpc) is 0.773. The molecule has 24 nitrogen and oxygen atoms in total. The highest BCUT2D eigenvalue weighted by molar-refractivity contribution is 6.13. The van der Waals surface area contributed by atoms with E-state index in [2.05, 4.69) is 0 Å². The SMILES string of the molecule is Oc1cc(-c2ccc(O)c3cccc(O)c23)c(O)c2ccccc12.Oc1ccc2c(O)c(-c3cc(O)c4ccccc4c3O)ccc2c1.Oc1ccc2c(O)ccc(-c3cc(O)c4ccccc4c3O)c2c1.Oc1ccc2cc(-c3cc(O)c4ccccc4c3O)c(O)cc2c1.Oc1ccc2ccc(O)c(-c3cc(O)c4ccccc4c3O)c2c1.Oc1cccc2c(O)c(-c3cc(O)c4ccccc4c3O)ccc12. The third kappa shape index (κ3) is 17.0. The van der Waals surface area contributed by atoms with Crippen LogP contribution in [0, 0.1) is 0 Å². The van der Waals surface area contributed by atoms with Crippen molar-refractivity contribution in [3.05, 3.63) is 364 Å². The van der Waals surface area contributed by atoms with Gasteiger partial charge in [-0.05, 0) is 213 Å². The summed E-state index contributed by atoms with van der Waals surface area (Å²) >= 11 is 0. The second kappa shape index (κ2) is 37.6. The molecule has 0 radical (unpaired) electrons. The molecule has 708 valence electrons. The molecule has 0 aliphatic rings. The molecule has 0 aliphatic heterocycles. The molecule has 0 amide bonds. The number of phenols is 24. The molecule has 24 aromatic rings. The van der Waals surface area contributed by atoms with Crippen molar-refractivity contribution < 1.29 is 123 Å². The van der Waals surface area contributed by atoms with Crippen LogP contribution in [0.25, 0.3) is 196 Å². The molecule has 24 rings (SSSR count). The maximum Gasteiger partial charge on any atom is 0.131 e. The van der Waals surface area contributed by atoms with E-state index in [-0.39, 0.29) is 138 Å². The molecule has 0 saturated carbocycles. The van der Waals surface area contributed by atoms with Crippen LogP contribution in [0.1, 0.15) is 0 Å². The van der Waals surface area contributed by atoms with Gasteiger partial charge >= 0.3 is 0 Å². The number of phenolic OH excluding ortho intramolecular Hbond substituents is 24. The molecule has 24 N–H and O–H groups in total. The molecule has 0 aliphatic carbocycles. The van der Waals surface area contributed by atoms with Gasteiger partial charge in [0, 0.05) is 153 Å². The highest BCUT2D eigenvalue weighted by Gasteiger charge is 2.26. The van der Waals surface area contributed by atoms with Crippen LogP contribution in [0.4, 0.5) is 0 Å². The zero-order valence-corrected chi connectivity index (χ0v) is 75.4. The predicted molar refractivity (Wildman–Crippen MR) is 561 cm³/mol. The largest absolute Gasteiger partial charge is 0.508 e. The fourth-order valence-electron chi connectivity index (χ4n) is 18.5. The molecule has 0 atom stereocenters. The van der Waals surface area contributed by atoms with Crippen LogP contribution in [0.15, 0.2) is 364 Å². The van der Waals surface area contributed by atoms with Gasteiger partial charge in [0.25, 0.3) is 0 Å². The Morgan fingerprint density at radius 3 is 0.840 bits per heavy atom. The topological polar surface area (TPSA) is 486 Å². The lowest BCUT2D eigenvalue weighted by Crippen LogP contribution is -1.86. The van der Waals surface area contributed by atoms with Crippen molar-refractivity contribution in [2.24, 2.45) is 0 Å². The minimum atomic E-state index is -0.0617. The van der Waals surface area contributed by atoms with E-state index in [1.165, 1.54) is 91.0 Å². The summed E-state index contributed by atoms with van der Waals surface area (Å²) in [5.41, 5.74) is 4.84. The number of aromatic hydroxyl groups is 24. The number of fused-ring (bicyclic) bond motifs is 12. The first-order valence-electron chi connectivity index (χ1n) is 44.7. The van der Waals surface area contributed by atoms with Crippen LogP contribution < -0.4 is 0 Å². The van der Waals surface area contributed by atoms with Crippen molar-refractivity contribution >= 4 is 129 Å². The Balaban J connectivity index is 0.000000109. The Kier molecular flexibility index (Phi) is 24.2. The number of rotatable bonds is 6. The fourth-order valence-corrected chi connectivity index (χ4v) is 18.5. The van der Waals surface area contributed by atoms with Gasteiger partial charge in [-0.3, -0.25) is 0 Å². The van der Waals surface area contributed by atoms with Crippen LogP contribution in [0.5, 0.6) is 138 Å². The van der Waals surface area contributed by atoms with Crippen molar-refractivity contribution in [3.8, 4) is 205 Å². The third-order valence-corrected chi connectivity index (χ3v) is 25.6. The number of benzene rings is 24. The van der Waals surface area contributed by atoms with Crippen LogP contribution in [-0.4, -0.2) is 123 Å². The van der Waals surface area contributed by atoms with E-state index < -0.39 is 0 Å². The summed E-state index contributed by atoms with van der Waals surface area (Å²) in [7, 11) is 0. The summed E-state index contributed by atoms with van der Waals surface area (Å²) in [6.45, 7) is 0. The fraction of sp³-hybridized carbons (Fsp3) is 0. The zero-order chi connectivity index (χ0) is 101. The summed E-state index contributed by atoms with van der Waals surface area (Å²) in [6.07, 6.45) is 0. The van der Waals surface area contributed by atoms with E-state index in [1.54, 1.807) is 273 Å². The van der Waals surface area contributed by atoms with Crippen molar-refractivity contribution in [1.82, 2.24) is 0 Å². The summed E-state index contributed by atoms with van der Waals surface area (Å²) < 4.78 is 0. The van der Waals surface area contributed by atoms with Gasteiger partial charge in [0.2, 0.25) is 0 Å². The predicted octanol–water partition coefficient (Wildman–Crippen LogP) is 26.9. The quantitative estimate of drug-likeness (QED) is 0.0688. The first-order valence-corrected chi connectivity index (χ1v) is 44.7. The Bertz CT molecular complexity index is 9240. The third-order valence-electron chi connectivity index (χ3n) is 25.6. The Hall–Kier alpha value is -20.4. The van der Waals surface area contributed by atoms with E-state index in [0.717, 1.165) is 10.8 Å². The van der Waals surface area contributed by atoms with E-state index >= 15 is 0 Å². The summed E-state index contributed by atoms with van der Waals surface area (Å²) in [5.74, 6) is 0.531. The smallest absolute Gasteiger partial charge is 0.131 e. The Labute approximate surface area is 815 Å². The van der Waals surface area contributed by atoms with Crippen LogP contribution in [0.3, 0.4) is 0 Å². The van der Waals surface area contributed by atoms with E-state index in [9.17, 15) is 123 Å². The van der Waals surface area contributed by atoms with Gasteiger partial charge in [-0.1, -0.05) is 194 Å². The summed E-state index contributed by atoms with van der Waals surface area (Å²) in [6, 6.07) is 98.7. The van der Waals surface area contributed by atoms with Gasteiger partial charge in [-0.2, -0.15) is 0 Å². The molecule has 0 saturated heterocycles. The van der Waals surface area contributed by atoms with Crippen LogP contribution in [-0.2, 0) is 0 Å². The molecule has 144 heavy (non-hydrogen) atoms. The van der Waals surface area contributed by atoms with E-state index in [4.69, 9.17) is 0 Å². The lowest BCUT2D eigenvalue weighted by atomic mass is 9.93. The molecular formula is C120H84O24. The molecule has 24 aromatic carbocycles. The van der Waals surface area contributed by atoms with Gasteiger partial charge in [0.15, 0.2) is 0 Å². The van der Waals surface area contributed by atoms with Crippen molar-refractivity contribution in [2.45, 2.75) is 0 Å². The normalized spacial score (nSPS) is 11.2. The molecule has 0 unspecified atom stereocenters. The minimum Gasteiger partial charge on any atom is -0.508 e. The molecular weight excluding hydrogens is 1830 g/mol. The molecule has 24 heteroatoms. The number of hydrogen-bond acceptors (Lipinski definition) is 24. The minimum absolute atomic E-state index is 0.00294. The first kappa shape index (κ1) is 92.7. The van der Waals surface area contributed by atoms with Crippen LogP contribution >= 0.6 is 0 Å².